The molecule has 1 aromatic heterocycles. The highest BCUT2D eigenvalue weighted by molar-refractivity contribution is 9.10. The first kappa shape index (κ1) is 20.8. The third kappa shape index (κ3) is 4.08. The van der Waals surface area contributed by atoms with E-state index in [9.17, 15) is 13.2 Å². The van der Waals surface area contributed by atoms with Crippen LogP contribution in [0.1, 0.15) is 15.9 Å². The zero-order valence-corrected chi connectivity index (χ0v) is 18.9. The highest BCUT2D eigenvalue weighted by atomic mass is 79.9. The van der Waals surface area contributed by atoms with Crippen LogP contribution in [0.25, 0.3) is 5.69 Å². The molecule has 8 heteroatoms. The van der Waals surface area contributed by atoms with Crippen LogP contribution in [0, 0.1) is 6.92 Å². The zero-order chi connectivity index (χ0) is 21.3. The minimum Gasteiger partial charge on any atom is -0.336 e. The van der Waals surface area contributed by atoms with Gasteiger partial charge in [-0.15, -0.1) is 0 Å². The Hall–Kier alpha value is -2.42. The number of sulfonamides is 1. The Labute approximate surface area is 184 Å². The van der Waals surface area contributed by atoms with Gasteiger partial charge in [-0.1, -0.05) is 15.9 Å². The van der Waals surface area contributed by atoms with Crippen LogP contribution in [-0.4, -0.2) is 54.3 Å². The Morgan fingerprint density at radius 1 is 0.933 bits per heavy atom. The van der Waals surface area contributed by atoms with Crippen molar-refractivity contribution in [3.63, 3.8) is 0 Å². The first-order valence-corrected chi connectivity index (χ1v) is 11.9. The van der Waals surface area contributed by atoms with Gasteiger partial charge in [-0.05, 0) is 67.1 Å². The van der Waals surface area contributed by atoms with E-state index in [4.69, 9.17) is 0 Å². The van der Waals surface area contributed by atoms with Gasteiger partial charge in [-0.3, -0.25) is 4.79 Å². The summed E-state index contributed by atoms with van der Waals surface area (Å²) < 4.78 is 30.2. The topological polar surface area (TPSA) is 62.6 Å². The number of carbonyl (C=O) groups excluding carboxylic acids is 1. The molecule has 1 aliphatic heterocycles. The summed E-state index contributed by atoms with van der Waals surface area (Å²) in [6.07, 6.45) is 3.90. The predicted molar refractivity (Wildman–Crippen MR) is 119 cm³/mol. The Kier molecular flexibility index (Phi) is 5.81. The fourth-order valence-corrected chi connectivity index (χ4v) is 5.28. The maximum atomic E-state index is 13.0. The molecule has 0 atom stereocenters. The molecule has 3 aromatic rings. The Morgan fingerprint density at radius 3 is 2.17 bits per heavy atom. The van der Waals surface area contributed by atoms with Crippen molar-refractivity contribution in [2.45, 2.75) is 11.8 Å². The van der Waals surface area contributed by atoms with E-state index in [1.807, 2.05) is 60.3 Å². The molecule has 30 heavy (non-hydrogen) atoms. The number of benzene rings is 2. The van der Waals surface area contributed by atoms with Crippen LogP contribution in [0.15, 0.2) is 76.4 Å². The summed E-state index contributed by atoms with van der Waals surface area (Å²) in [7, 11) is -3.57. The van der Waals surface area contributed by atoms with Gasteiger partial charge in [-0.25, -0.2) is 8.42 Å². The fraction of sp³-hybridized carbons (Fsp3) is 0.227. The first-order chi connectivity index (χ1) is 14.4. The number of piperazine rings is 1. The van der Waals surface area contributed by atoms with E-state index >= 15 is 0 Å². The van der Waals surface area contributed by atoms with Gasteiger partial charge in [0.25, 0.3) is 5.91 Å². The second-order valence-electron chi connectivity index (χ2n) is 7.24. The summed E-state index contributed by atoms with van der Waals surface area (Å²) in [5.74, 6) is -0.0782. The van der Waals surface area contributed by atoms with Crippen molar-refractivity contribution in [1.82, 2.24) is 13.8 Å². The van der Waals surface area contributed by atoms with E-state index in [1.54, 1.807) is 23.1 Å². The molecular formula is C22H22BrN3O3S. The standard InChI is InChI=1S/C22H22BrN3O3S/c1-17-16-20(8-9-21(17)23)30(28,29)26-14-12-25(13-15-26)22(27)18-4-6-19(7-5-18)24-10-2-3-11-24/h2-11,16H,12-15H2,1H3. The van der Waals surface area contributed by atoms with Gasteiger partial charge in [0.05, 0.1) is 4.90 Å². The van der Waals surface area contributed by atoms with E-state index in [-0.39, 0.29) is 23.9 Å². The average Bonchev–Trinajstić information content (AvgIpc) is 3.30. The molecule has 0 N–H and O–H groups in total. The second-order valence-corrected chi connectivity index (χ2v) is 10.0. The van der Waals surface area contributed by atoms with Crippen LogP contribution in [0.4, 0.5) is 0 Å². The normalized spacial score (nSPS) is 15.3. The molecule has 6 nitrogen and oxygen atoms in total. The Morgan fingerprint density at radius 2 is 1.57 bits per heavy atom. The maximum Gasteiger partial charge on any atom is 0.253 e. The van der Waals surface area contributed by atoms with Gasteiger partial charge in [0.1, 0.15) is 0 Å². The quantitative estimate of drug-likeness (QED) is 0.563. The third-order valence-corrected chi connectivity index (χ3v) is 8.09. The van der Waals surface area contributed by atoms with Crippen molar-refractivity contribution in [1.29, 1.82) is 0 Å². The molecular weight excluding hydrogens is 466 g/mol. The van der Waals surface area contributed by atoms with Gasteiger partial charge in [0, 0.05) is 54.3 Å². The molecule has 4 rings (SSSR count). The van der Waals surface area contributed by atoms with Crippen LogP contribution >= 0.6 is 15.9 Å². The highest BCUT2D eigenvalue weighted by Gasteiger charge is 2.30. The minimum absolute atomic E-state index is 0.0782. The van der Waals surface area contributed by atoms with Crippen molar-refractivity contribution in [2.24, 2.45) is 0 Å². The van der Waals surface area contributed by atoms with Gasteiger partial charge < -0.3 is 9.47 Å². The molecule has 1 aliphatic rings. The summed E-state index contributed by atoms with van der Waals surface area (Å²) in [5, 5.41) is 0. The SMILES string of the molecule is Cc1cc(S(=O)(=O)N2CCN(C(=O)c3ccc(-n4cccc4)cc3)CC2)ccc1Br. The maximum absolute atomic E-state index is 13.0. The fourth-order valence-electron chi connectivity index (χ4n) is 3.52. The lowest BCUT2D eigenvalue weighted by molar-refractivity contribution is 0.0698. The van der Waals surface area contributed by atoms with Crippen molar-refractivity contribution < 1.29 is 13.2 Å². The number of aryl methyl sites for hydroxylation is 1. The molecule has 0 aliphatic carbocycles. The summed E-state index contributed by atoms with van der Waals surface area (Å²) >= 11 is 3.40. The van der Waals surface area contributed by atoms with Crippen LogP contribution in [-0.2, 0) is 10.0 Å². The zero-order valence-electron chi connectivity index (χ0n) is 16.5. The highest BCUT2D eigenvalue weighted by Crippen LogP contribution is 2.24. The lowest BCUT2D eigenvalue weighted by Crippen LogP contribution is -2.50. The number of rotatable bonds is 4. The van der Waals surface area contributed by atoms with E-state index in [0.717, 1.165) is 15.7 Å². The minimum atomic E-state index is -3.57. The molecule has 2 heterocycles. The molecule has 1 amide bonds. The number of aromatic nitrogens is 1. The van der Waals surface area contributed by atoms with Crippen LogP contribution in [0.2, 0.25) is 0 Å². The van der Waals surface area contributed by atoms with Gasteiger partial charge in [0.15, 0.2) is 0 Å². The summed E-state index contributed by atoms with van der Waals surface area (Å²) in [6.45, 7) is 3.16. The van der Waals surface area contributed by atoms with E-state index < -0.39 is 10.0 Å². The second kappa shape index (κ2) is 8.37. The molecule has 2 aromatic carbocycles. The Balaban J connectivity index is 1.42. The van der Waals surface area contributed by atoms with Crippen molar-refractivity contribution in [3.05, 3.63) is 82.6 Å². The molecule has 156 valence electrons. The van der Waals surface area contributed by atoms with Gasteiger partial charge in [-0.2, -0.15) is 4.31 Å². The number of amides is 1. The molecule has 0 radical (unpaired) electrons. The number of hydrogen-bond acceptors (Lipinski definition) is 3. The molecule has 0 spiro atoms. The van der Waals surface area contributed by atoms with Crippen molar-refractivity contribution >= 4 is 31.9 Å². The predicted octanol–water partition coefficient (Wildman–Crippen LogP) is 3.69. The summed E-state index contributed by atoms with van der Waals surface area (Å²) in [5.41, 5.74) is 2.45. The summed E-state index contributed by atoms with van der Waals surface area (Å²) in [6, 6.07) is 16.4. The monoisotopic (exact) mass is 487 g/mol. The number of halogens is 1. The lowest BCUT2D eigenvalue weighted by Gasteiger charge is -2.34. The Bertz CT molecular complexity index is 1150. The van der Waals surface area contributed by atoms with Crippen molar-refractivity contribution in [2.75, 3.05) is 26.2 Å². The number of nitrogens with zero attached hydrogens (tertiary/aromatic N) is 3. The van der Waals surface area contributed by atoms with Crippen LogP contribution in [0.3, 0.4) is 0 Å². The molecule has 0 unspecified atom stereocenters. The molecule has 1 saturated heterocycles. The molecule has 0 saturated carbocycles. The van der Waals surface area contributed by atoms with Gasteiger partial charge in [0.2, 0.25) is 10.0 Å². The first-order valence-electron chi connectivity index (χ1n) is 9.65. The number of hydrogen-bond donors (Lipinski definition) is 0. The van der Waals surface area contributed by atoms with Crippen LogP contribution in [0.5, 0.6) is 0 Å². The lowest BCUT2D eigenvalue weighted by atomic mass is 10.1. The summed E-state index contributed by atoms with van der Waals surface area (Å²) in [4.78, 5) is 14.8. The van der Waals surface area contributed by atoms with E-state index in [2.05, 4.69) is 15.9 Å². The van der Waals surface area contributed by atoms with Crippen LogP contribution < -0.4 is 0 Å². The van der Waals surface area contributed by atoms with Crippen molar-refractivity contribution in [3.8, 4) is 5.69 Å². The average molecular weight is 488 g/mol. The van der Waals surface area contributed by atoms with E-state index in [1.165, 1.54) is 4.31 Å². The third-order valence-electron chi connectivity index (χ3n) is 5.31. The molecule has 1 fully saturated rings. The molecule has 0 bridgehead atoms. The number of carbonyl (C=O) groups is 1. The smallest absolute Gasteiger partial charge is 0.253 e. The van der Waals surface area contributed by atoms with E-state index in [0.29, 0.717) is 18.7 Å². The van der Waals surface area contributed by atoms with Gasteiger partial charge >= 0.3 is 0 Å². The largest absolute Gasteiger partial charge is 0.336 e.